The molecule has 3 aliphatic rings. The van der Waals surface area contributed by atoms with Gasteiger partial charge in [0.25, 0.3) is 0 Å². The van der Waals surface area contributed by atoms with Crippen molar-refractivity contribution in [3.8, 4) is 0 Å². The minimum Gasteiger partial charge on any atom is -0.395 e. The molecule has 5 nitrogen and oxygen atoms in total. The van der Waals surface area contributed by atoms with E-state index in [4.69, 9.17) is 0 Å². The van der Waals surface area contributed by atoms with E-state index in [1.165, 1.54) is 37.5 Å². The first-order valence-electron chi connectivity index (χ1n) is 9.33. The number of nitrogens with zero attached hydrogens (tertiary/aromatic N) is 2. The summed E-state index contributed by atoms with van der Waals surface area (Å²) in [6.45, 7) is 2.22. The van der Waals surface area contributed by atoms with E-state index in [1.54, 1.807) is 4.31 Å². The summed E-state index contributed by atoms with van der Waals surface area (Å²) < 4.78 is 25.5. The van der Waals surface area contributed by atoms with Crippen LogP contribution in [0.3, 0.4) is 0 Å². The number of hydrogen-bond donors (Lipinski definition) is 1. The quantitative estimate of drug-likeness (QED) is 0.863. The van der Waals surface area contributed by atoms with Crippen molar-refractivity contribution in [2.75, 3.05) is 32.5 Å². The third kappa shape index (κ3) is 2.83. The summed E-state index contributed by atoms with van der Waals surface area (Å²) in [6.07, 6.45) is 6.41. The highest BCUT2D eigenvalue weighted by Crippen LogP contribution is 2.54. The standard InChI is InChI=1S/C19H28N2O3S/c1-25(23,24)20-13-19(14-20)18(16-9-3-2-4-10-16)17(12-22)21(19)11-15-7-5-6-8-15/h2-4,9-10,15,17-18,22H,5-8,11-14H2,1H3/t17-,18+/m1/s1. The van der Waals surface area contributed by atoms with Crippen LogP contribution < -0.4 is 0 Å². The summed E-state index contributed by atoms with van der Waals surface area (Å²) in [6, 6.07) is 10.4. The zero-order chi connectivity index (χ0) is 17.7. The molecule has 1 saturated carbocycles. The maximum atomic E-state index is 11.9. The van der Waals surface area contributed by atoms with Gasteiger partial charge in [-0.05, 0) is 24.3 Å². The highest BCUT2D eigenvalue weighted by molar-refractivity contribution is 7.88. The Balaban J connectivity index is 1.61. The first-order chi connectivity index (χ1) is 12.0. The van der Waals surface area contributed by atoms with Crippen molar-refractivity contribution in [1.29, 1.82) is 0 Å². The molecule has 1 N–H and O–H groups in total. The number of sulfonamides is 1. The van der Waals surface area contributed by atoms with Gasteiger partial charge in [0.15, 0.2) is 0 Å². The van der Waals surface area contributed by atoms with Crippen LogP contribution in [0.15, 0.2) is 30.3 Å². The Morgan fingerprint density at radius 2 is 1.80 bits per heavy atom. The topological polar surface area (TPSA) is 60.9 Å². The van der Waals surface area contributed by atoms with Gasteiger partial charge in [0, 0.05) is 31.6 Å². The van der Waals surface area contributed by atoms with Gasteiger partial charge >= 0.3 is 0 Å². The Labute approximate surface area is 150 Å². The van der Waals surface area contributed by atoms with Gasteiger partial charge in [-0.1, -0.05) is 43.2 Å². The van der Waals surface area contributed by atoms with Crippen LogP contribution in [0.5, 0.6) is 0 Å². The van der Waals surface area contributed by atoms with Crippen LogP contribution >= 0.6 is 0 Å². The van der Waals surface area contributed by atoms with Gasteiger partial charge in [0.1, 0.15) is 0 Å². The summed E-state index contributed by atoms with van der Waals surface area (Å²) in [5, 5.41) is 10.1. The average molecular weight is 365 g/mol. The molecule has 4 rings (SSSR count). The molecule has 6 heteroatoms. The lowest BCUT2D eigenvalue weighted by atomic mass is 9.61. The van der Waals surface area contributed by atoms with Gasteiger partial charge in [0.2, 0.25) is 10.0 Å². The summed E-state index contributed by atoms with van der Waals surface area (Å²) in [5.41, 5.74) is 1.08. The Kier molecular flexibility index (Phi) is 4.43. The van der Waals surface area contributed by atoms with Crippen molar-refractivity contribution in [3.05, 3.63) is 35.9 Å². The Bertz CT molecular complexity index is 709. The van der Waals surface area contributed by atoms with Gasteiger partial charge in [0.05, 0.1) is 18.4 Å². The SMILES string of the molecule is CS(=O)(=O)N1CC2(C1)[C@@H](c1ccccc1)[C@@H](CO)N2CC1CCCC1. The van der Waals surface area contributed by atoms with Gasteiger partial charge in [-0.3, -0.25) is 4.90 Å². The van der Waals surface area contributed by atoms with Crippen molar-refractivity contribution >= 4 is 10.0 Å². The number of rotatable bonds is 5. The number of aliphatic hydroxyl groups is 1. The molecule has 0 amide bonds. The zero-order valence-corrected chi connectivity index (χ0v) is 15.7. The van der Waals surface area contributed by atoms with Gasteiger partial charge in [-0.25, -0.2) is 8.42 Å². The minimum absolute atomic E-state index is 0.102. The monoisotopic (exact) mass is 364 g/mol. The Morgan fingerprint density at radius 1 is 1.16 bits per heavy atom. The number of hydrogen-bond acceptors (Lipinski definition) is 4. The van der Waals surface area contributed by atoms with E-state index < -0.39 is 10.0 Å². The van der Waals surface area contributed by atoms with Crippen molar-refractivity contribution in [2.24, 2.45) is 5.92 Å². The maximum absolute atomic E-state index is 11.9. The number of benzene rings is 1. The fourth-order valence-corrected chi connectivity index (χ4v) is 6.24. The van der Waals surface area contributed by atoms with E-state index in [9.17, 15) is 13.5 Å². The Morgan fingerprint density at radius 3 is 2.36 bits per heavy atom. The molecule has 0 aromatic heterocycles. The molecule has 1 aromatic carbocycles. The van der Waals surface area contributed by atoms with Crippen LogP contribution in [0.25, 0.3) is 0 Å². The molecule has 2 aliphatic heterocycles. The predicted molar refractivity (Wildman–Crippen MR) is 97.9 cm³/mol. The largest absolute Gasteiger partial charge is 0.395 e. The van der Waals surface area contributed by atoms with E-state index in [0.29, 0.717) is 19.0 Å². The molecule has 1 spiro atoms. The molecule has 1 aliphatic carbocycles. The minimum atomic E-state index is -3.15. The normalized spacial score (nSPS) is 30.3. The van der Waals surface area contributed by atoms with Gasteiger partial charge in [-0.2, -0.15) is 4.31 Å². The fourth-order valence-electron chi connectivity index (χ4n) is 5.33. The van der Waals surface area contributed by atoms with Crippen LogP contribution in [0.2, 0.25) is 0 Å². The summed E-state index contributed by atoms with van der Waals surface area (Å²) >= 11 is 0. The van der Waals surface area contributed by atoms with Gasteiger partial charge < -0.3 is 5.11 Å². The van der Waals surface area contributed by atoms with Crippen LogP contribution in [0.1, 0.15) is 37.2 Å². The molecule has 3 fully saturated rings. The highest BCUT2D eigenvalue weighted by atomic mass is 32.2. The lowest BCUT2D eigenvalue weighted by Crippen LogP contribution is -2.85. The zero-order valence-electron chi connectivity index (χ0n) is 14.8. The first-order valence-corrected chi connectivity index (χ1v) is 11.2. The molecular formula is C19H28N2O3S. The van der Waals surface area contributed by atoms with E-state index in [-0.39, 0.29) is 24.1 Å². The first kappa shape index (κ1) is 17.5. The predicted octanol–water partition coefficient (Wildman–Crippen LogP) is 1.65. The molecule has 138 valence electrons. The van der Waals surface area contributed by atoms with E-state index >= 15 is 0 Å². The highest BCUT2D eigenvalue weighted by Gasteiger charge is 2.66. The molecule has 25 heavy (non-hydrogen) atoms. The van der Waals surface area contributed by atoms with Crippen LogP contribution in [0.4, 0.5) is 0 Å². The average Bonchev–Trinajstić information content (AvgIpc) is 3.03. The third-order valence-corrected chi connectivity index (χ3v) is 7.78. The second kappa shape index (κ2) is 6.34. The van der Waals surface area contributed by atoms with Crippen molar-refractivity contribution in [2.45, 2.75) is 43.2 Å². The molecule has 2 atom stereocenters. The molecular weight excluding hydrogens is 336 g/mol. The van der Waals surface area contributed by atoms with E-state index in [1.807, 2.05) is 18.2 Å². The van der Waals surface area contributed by atoms with Crippen molar-refractivity contribution in [3.63, 3.8) is 0 Å². The Hall–Kier alpha value is -0.950. The lowest BCUT2D eigenvalue weighted by molar-refractivity contribution is -0.175. The van der Waals surface area contributed by atoms with Crippen molar-refractivity contribution in [1.82, 2.24) is 9.21 Å². The smallest absolute Gasteiger partial charge is 0.211 e. The second-order valence-electron chi connectivity index (χ2n) is 8.08. The summed E-state index contributed by atoms with van der Waals surface area (Å²) in [7, 11) is -3.15. The van der Waals surface area contributed by atoms with E-state index in [0.717, 1.165) is 6.54 Å². The van der Waals surface area contributed by atoms with E-state index in [2.05, 4.69) is 17.0 Å². The number of aliphatic hydroxyl groups excluding tert-OH is 1. The van der Waals surface area contributed by atoms with Crippen LogP contribution in [-0.4, -0.2) is 66.8 Å². The van der Waals surface area contributed by atoms with Crippen molar-refractivity contribution < 1.29 is 13.5 Å². The molecule has 2 saturated heterocycles. The second-order valence-corrected chi connectivity index (χ2v) is 10.1. The van der Waals surface area contributed by atoms with Crippen LogP contribution in [-0.2, 0) is 10.0 Å². The molecule has 1 aromatic rings. The molecule has 0 bridgehead atoms. The number of likely N-dealkylation sites (tertiary alicyclic amines) is 1. The maximum Gasteiger partial charge on any atom is 0.211 e. The third-order valence-electron chi connectivity index (χ3n) is 6.58. The molecule has 2 heterocycles. The van der Waals surface area contributed by atoms with Gasteiger partial charge in [-0.15, -0.1) is 0 Å². The molecule has 0 unspecified atom stereocenters. The fraction of sp³-hybridized carbons (Fsp3) is 0.684. The molecule has 0 radical (unpaired) electrons. The summed E-state index contributed by atoms with van der Waals surface area (Å²) in [4.78, 5) is 2.43. The lowest BCUT2D eigenvalue weighted by Gasteiger charge is -2.70. The van der Waals surface area contributed by atoms with Crippen LogP contribution in [0, 0.1) is 5.92 Å². The summed E-state index contributed by atoms with van der Waals surface area (Å²) in [5.74, 6) is 0.896.